The van der Waals surface area contributed by atoms with Crippen molar-refractivity contribution in [2.45, 2.75) is 36.9 Å². The Labute approximate surface area is 186 Å². The molecule has 0 aliphatic rings. The number of aromatic nitrogens is 3. The van der Waals surface area contributed by atoms with Crippen molar-refractivity contribution in [2.75, 3.05) is 11.1 Å². The monoisotopic (exact) mass is 459 g/mol. The molecule has 164 valence electrons. The number of benzene rings is 2. The maximum Gasteiger partial charge on any atom is 0.238 e. The van der Waals surface area contributed by atoms with Crippen LogP contribution in [-0.2, 0) is 27.8 Å². The summed E-state index contributed by atoms with van der Waals surface area (Å²) in [5.74, 6) is 1.19. The van der Waals surface area contributed by atoms with Gasteiger partial charge in [0.15, 0.2) is 5.16 Å². The fourth-order valence-corrected chi connectivity index (χ4v) is 4.22. The van der Waals surface area contributed by atoms with Crippen LogP contribution in [0.3, 0.4) is 0 Å². The summed E-state index contributed by atoms with van der Waals surface area (Å²) in [5.41, 5.74) is 1.64. The molecule has 1 aromatic heterocycles. The number of carbonyl (C=O) groups excluding carboxylic acids is 1. The number of nitrogens with one attached hydrogen (secondary N) is 1. The average molecular weight is 460 g/mol. The maximum absolute atomic E-state index is 12.4. The first-order valence-electron chi connectivity index (χ1n) is 9.74. The van der Waals surface area contributed by atoms with Crippen molar-refractivity contribution in [1.29, 1.82) is 0 Å². The van der Waals surface area contributed by atoms with Gasteiger partial charge in [0.25, 0.3) is 0 Å². The third kappa shape index (κ3) is 6.65. The maximum atomic E-state index is 12.4. The molecule has 0 bridgehead atoms. The van der Waals surface area contributed by atoms with Gasteiger partial charge < -0.3 is 9.88 Å². The second-order valence-electron chi connectivity index (χ2n) is 7.47. The molecule has 0 radical (unpaired) electrons. The van der Waals surface area contributed by atoms with Gasteiger partial charge in [0, 0.05) is 18.7 Å². The summed E-state index contributed by atoms with van der Waals surface area (Å²) in [6.07, 6.45) is 0.670. The zero-order valence-electron chi connectivity index (χ0n) is 17.4. The number of anilines is 1. The van der Waals surface area contributed by atoms with Crippen LogP contribution in [0.1, 0.15) is 25.2 Å². The number of nitrogens with zero attached hydrogens (tertiary/aromatic N) is 3. The van der Waals surface area contributed by atoms with E-state index in [1.165, 1.54) is 36.0 Å². The van der Waals surface area contributed by atoms with E-state index in [0.29, 0.717) is 23.2 Å². The van der Waals surface area contributed by atoms with Crippen LogP contribution in [-0.4, -0.2) is 34.8 Å². The smallest absolute Gasteiger partial charge is 0.238 e. The number of hydrogen-bond donors (Lipinski definition) is 2. The lowest BCUT2D eigenvalue weighted by Crippen LogP contribution is -2.16. The Morgan fingerprint density at radius 3 is 2.39 bits per heavy atom. The zero-order chi connectivity index (χ0) is 22.4. The molecule has 0 aliphatic carbocycles. The molecule has 0 saturated heterocycles. The highest BCUT2D eigenvalue weighted by atomic mass is 32.2. The molecule has 3 rings (SSSR count). The molecule has 2 aromatic carbocycles. The first kappa shape index (κ1) is 23.0. The Kier molecular flexibility index (Phi) is 7.47. The summed E-state index contributed by atoms with van der Waals surface area (Å²) in [6, 6.07) is 15.8. The first-order valence-corrected chi connectivity index (χ1v) is 12.3. The molecule has 0 fully saturated rings. The van der Waals surface area contributed by atoms with Crippen LogP contribution in [0.5, 0.6) is 0 Å². The summed E-state index contributed by atoms with van der Waals surface area (Å²) in [7, 11) is -3.76. The molecule has 1 heterocycles. The molecule has 1 amide bonds. The molecule has 0 saturated carbocycles. The molecule has 0 aliphatic heterocycles. The summed E-state index contributed by atoms with van der Waals surface area (Å²) in [4.78, 5) is 12.4. The predicted octanol–water partition coefficient (Wildman–Crippen LogP) is 2.90. The van der Waals surface area contributed by atoms with Crippen molar-refractivity contribution < 1.29 is 13.2 Å². The van der Waals surface area contributed by atoms with E-state index in [1.54, 1.807) is 0 Å². The number of sulfonamides is 1. The van der Waals surface area contributed by atoms with Crippen LogP contribution >= 0.6 is 11.8 Å². The van der Waals surface area contributed by atoms with Crippen LogP contribution in [0.4, 0.5) is 5.69 Å². The topological polar surface area (TPSA) is 120 Å². The standard InChI is InChI=1S/C21H25N5O3S2/c1-15(2)13-26-19(12-16-6-4-3-5-7-16)24-25-21(26)30-14-20(27)23-17-8-10-18(11-9-17)31(22,28)29/h3-11,15H,12-14H2,1-2H3,(H,23,27)(H2,22,28,29). The number of primary sulfonamides is 1. The summed E-state index contributed by atoms with van der Waals surface area (Å²) in [5, 5.41) is 17.2. The molecule has 0 unspecified atom stereocenters. The highest BCUT2D eigenvalue weighted by Gasteiger charge is 2.16. The number of nitrogens with two attached hydrogens (primary N) is 1. The van der Waals surface area contributed by atoms with Crippen LogP contribution < -0.4 is 10.5 Å². The zero-order valence-corrected chi connectivity index (χ0v) is 19.0. The number of amides is 1. The molecule has 31 heavy (non-hydrogen) atoms. The van der Waals surface area contributed by atoms with Gasteiger partial charge in [-0.1, -0.05) is 55.9 Å². The Hall–Kier alpha value is -2.69. The van der Waals surface area contributed by atoms with E-state index in [-0.39, 0.29) is 16.6 Å². The quantitative estimate of drug-likeness (QED) is 0.475. The van der Waals surface area contributed by atoms with E-state index >= 15 is 0 Å². The van der Waals surface area contributed by atoms with Crippen LogP contribution in [0.25, 0.3) is 0 Å². The minimum Gasteiger partial charge on any atom is -0.325 e. The second kappa shape index (κ2) is 10.1. The molecule has 3 aromatic rings. The molecular formula is C21H25N5O3S2. The highest BCUT2D eigenvalue weighted by Crippen LogP contribution is 2.21. The fraction of sp³-hybridized carbons (Fsp3) is 0.286. The molecule has 0 spiro atoms. The molecule has 8 nitrogen and oxygen atoms in total. The first-order chi connectivity index (χ1) is 14.7. The number of thioether (sulfide) groups is 1. The number of hydrogen-bond acceptors (Lipinski definition) is 6. The Morgan fingerprint density at radius 2 is 1.77 bits per heavy atom. The SMILES string of the molecule is CC(C)Cn1c(Cc2ccccc2)nnc1SCC(=O)Nc1ccc(S(N)(=O)=O)cc1. The summed E-state index contributed by atoms with van der Waals surface area (Å²) < 4.78 is 24.7. The molecule has 10 heteroatoms. The van der Waals surface area contributed by atoms with Crippen molar-refractivity contribution in [3.8, 4) is 0 Å². The summed E-state index contributed by atoms with van der Waals surface area (Å²) in [6.45, 7) is 5.01. The van der Waals surface area contributed by atoms with E-state index in [4.69, 9.17) is 5.14 Å². The Bertz CT molecular complexity index is 1130. The third-order valence-corrected chi connectivity index (χ3v) is 6.24. The van der Waals surface area contributed by atoms with Gasteiger partial charge in [-0.05, 0) is 35.7 Å². The lowest BCUT2D eigenvalue weighted by molar-refractivity contribution is -0.113. The normalized spacial score (nSPS) is 11.6. The van der Waals surface area contributed by atoms with Gasteiger partial charge in [0.1, 0.15) is 5.82 Å². The molecule has 0 atom stereocenters. The van der Waals surface area contributed by atoms with Crippen LogP contribution in [0.15, 0.2) is 64.6 Å². The van der Waals surface area contributed by atoms with Crippen molar-refractivity contribution in [1.82, 2.24) is 14.8 Å². The van der Waals surface area contributed by atoms with Gasteiger partial charge in [-0.3, -0.25) is 4.79 Å². The van der Waals surface area contributed by atoms with Crippen molar-refractivity contribution >= 4 is 33.4 Å². The van der Waals surface area contributed by atoms with E-state index in [9.17, 15) is 13.2 Å². The van der Waals surface area contributed by atoms with Gasteiger partial charge in [-0.25, -0.2) is 13.6 Å². The largest absolute Gasteiger partial charge is 0.325 e. The van der Waals surface area contributed by atoms with Gasteiger partial charge in [0.05, 0.1) is 10.6 Å². The van der Waals surface area contributed by atoms with Gasteiger partial charge in [-0.15, -0.1) is 10.2 Å². The average Bonchev–Trinajstić information content (AvgIpc) is 3.07. The third-order valence-electron chi connectivity index (χ3n) is 4.35. The van der Waals surface area contributed by atoms with Crippen LogP contribution in [0, 0.1) is 5.92 Å². The van der Waals surface area contributed by atoms with Gasteiger partial charge in [-0.2, -0.15) is 0 Å². The van der Waals surface area contributed by atoms with Crippen LogP contribution in [0.2, 0.25) is 0 Å². The van der Waals surface area contributed by atoms with Crippen molar-refractivity contribution in [3.63, 3.8) is 0 Å². The lowest BCUT2D eigenvalue weighted by atomic mass is 10.1. The Morgan fingerprint density at radius 1 is 1.10 bits per heavy atom. The minimum absolute atomic E-state index is 0.00685. The van der Waals surface area contributed by atoms with E-state index in [1.807, 2.05) is 18.2 Å². The van der Waals surface area contributed by atoms with Crippen molar-refractivity contribution in [2.24, 2.45) is 11.1 Å². The minimum atomic E-state index is -3.76. The molecule has 3 N–H and O–H groups in total. The van der Waals surface area contributed by atoms with Gasteiger partial charge >= 0.3 is 0 Å². The molecular weight excluding hydrogens is 434 g/mol. The van der Waals surface area contributed by atoms with Crippen molar-refractivity contribution in [3.05, 3.63) is 66.0 Å². The van der Waals surface area contributed by atoms with E-state index in [2.05, 4.69) is 46.1 Å². The van der Waals surface area contributed by atoms with Gasteiger partial charge in [0.2, 0.25) is 15.9 Å². The highest BCUT2D eigenvalue weighted by molar-refractivity contribution is 7.99. The Balaban J connectivity index is 1.65. The number of rotatable bonds is 9. The summed E-state index contributed by atoms with van der Waals surface area (Å²) >= 11 is 1.32. The predicted molar refractivity (Wildman–Crippen MR) is 121 cm³/mol. The number of carbonyl (C=O) groups is 1. The van der Waals surface area contributed by atoms with E-state index in [0.717, 1.165) is 17.9 Å². The lowest BCUT2D eigenvalue weighted by Gasteiger charge is -2.12. The van der Waals surface area contributed by atoms with E-state index < -0.39 is 10.0 Å². The fourth-order valence-electron chi connectivity index (χ4n) is 2.94. The second-order valence-corrected chi connectivity index (χ2v) is 9.98.